The van der Waals surface area contributed by atoms with Crippen molar-refractivity contribution in [3.05, 3.63) is 53.8 Å². The molecule has 1 aliphatic carbocycles. The van der Waals surface area contributed by atoms with Crippen molar-refractivity contribution in [1.82, 2.24) is 15.0 Å². The molecule has 0 bridgehead atoms. The van der Waals surface area contributed by atoms with Gasteiger partial charge in [0, 0.05) is 37.5 Å². The Bertz CT molecular complexity index is 757. The summed E-state index contributed by atoms with van der Waals surface area (Å²) < 4.78 is 4.88. The quantitative estimate of drug-likeness (QED) is 0.761. The van der Waals surface area contributed by atoms with E-state index < -0.39 is 5.97 Å². The molecule has 0 unspecified atom stereocenters. The van der Waals surface area contributed by atoms with Crippen LogP contribution in [-0.4, -0.2) is 35.1 Å². The van der Waals surface area contributed by atoms with Crippen LogP contribution in [0.5, 0.6) is 0 Å². The summed E-state index contributed by atoms with van der Waals surface area (Å²) in [5, 5.41) is 0. The van der Waals surface area contributed by atoms with Crippen LogP contribution in [0.15, 0.2) is 31.1 Å². The number of nitrogens with zero attached hydrogens (tertiary/aromatic N) is 4. The second kappa shape index (κ2) is 6.78. The third-order valence-electron chi connectivity index (χ3n) is 4.00. The minimum Gasteiger partial charge on any atom is -0.464 e. The molecule has 2 aromatic heterocycles. The van der Waals surface area contributed by atoms with E-state index in [0.29, 0.717) is 29.7 Å². The molecule has 124 valence electrons. The molecule has 24 heavy (non-hydrogen) atoms. The van der Waals surface area contributed by atoms with E-state index >= 15 is 0 Å². The molecule has 1 saturated carbocycles. The van der Waals surface area contributed by atoms with Crippen LogP contribution < -0.4 is 4.90 Å². The number of aromatic nitrogens is 3. The van der Waals surface area contributed by atoms with Gasteiger partial charge in [0.25, 0.3) is 0 Å². The summed E-state index contributed by atoms with van der Waals surface area (Å²) in [5.74, 6) is 1.27. The molecule has 2 heterocycles. The van der Waals surface area contributed by atoms with Gasteiger partial charge in [-0.25, -0.2) is 14.8 Å². The number of pyridine rings is 1. The Labute approximate surface area is 141 Å². The highest BCUT2D eigenvalue weighted by Crippen LogP contribution is 2.39. The number of anilines is 1. The fourth-order valence-corrected chi connectivity index (χ4v) is 2.57. The molecule has 6 heteroatoms. The van der Waals surface area contributed by atoms with E-state index in [1.165, 1.54) is 7.11 Å². The average molecular weight is 324 g/mol. The van der Waals surface area contributed by atoms with Crippen molar-refractivity contribution in [3.63, 3.8) is 0 Å². The standard InChI is InChI=1S/C18H20N4O2/c1-4-14-15(18(23)24-3)20-16(13-5-6-13)21-17(14)22(2)11-12-7-9-19-10-8-12/h4,7-10,13H,1,5-6,11H2,2-3H3. The zero-order chi connectivity index (χ0) is 17.1. The lowest BCUT2D eigenvalue weighted by Crippen LogP contribution is -2.22. The maximum Gasteiger partial charge on any atom is 0.357 e. The predicted octanol–water partition coefficient (Wildman–Crippen LogP) is 2.82. The molecular weight excluding hydrogens is 304 g/mol. The minimum atomic E-state index is -0.465. The summed E-state index contributed by atoms with van der Waals surface area (Å²) in [5.41, 5.74) is 1.98. The topological polar surface area (TPSA) is 68.2 Å². The van der Waals surface area contributed by atoms with Crippen molar-refractivity contribution >= 4 is 17.9 Å². The molecule has 3 rings (SSSR count). The van der Waals surface area contributed by atoms with Crippen LogP contribution in [0, 0.1) is 0 Å². The Balaban J connectivity index is 2.02. The first-order valence-corrected chi connectivity index (χ1v) is 7.86. The van der Waals surface area contributed by atoms with Gasteiger partial charge in [-0.2, -0.15) is 0 Å². The zero-order valence-electron chi connectivity index (χ0n) is 13.9. The average Bonchev–Trinajstić information content (AvgIpc) is 3.45. The summed E-state index contributed by atoms with van der Waals surface area (Å²) >= 11 is 0. The molecular formula is C18H20N4O2. The molecule has 0 aromatic carbocycles. The largest absolute Gasteiger partial charge is 0.464 e. The number of ether oxygens (including phenoxy) is 1. The molecule has 6 nitrogen and oxygen atoms in total. The van der Waals surface area contributed by atoms with Crippen molar-refractivity contribution in [2.24, 2.45) is 0 Å². The van der Waals surface area contributed by atoms with E-state index in [-0.39, 0.29) is 5.69 Å². The Morgan fingerprint density at radius 1 is 1.38 bits per heavy atom. The van der Waals surface area contributed by atoms with E-state index in [1.807, 2.05) is 24.1 Å². The van der Waals surface area contributed by atoms with Gasteiger partial charge in [0.15, 0.2) is 5.69 Å². The number of hydrogen-bond acceptors (Lipinski definition) is 6. The van der Waals surface area contributed by atoms with Crippen LogP contribution in [0.4, 0.5) is 5.82 Å². The van der Waals surface area contributed by atoms with Gasteiger partial charge in [-0.15, -0.1) is 0 Å². The van der Waals surface area contributed by atoms with Gasteiger partial charge < -0.3 is 9.64 Å². The molecule has 1 aliphatic rings. The van der Waals surface area contributed by atoms with Crippen LogP contribution >= 0.6 is 0 Å². The molecule has 0 atom stereocenters. The van der Waals surface area contributed by atoms with Gasteiger partial charge in [-0.05, 0) is 30.5 Å². The highest BCUT2D eigenvalue weighted by Gasteiger charge is 2.30. The first-order valence-electron chi connectivity index (χ1n) is 7.86. The monoisotopic (exact) mass is 324 g/mol. The van der Waals surface area contributed by atoms with Crippen molar-refractivity contribution in [1.29, 1.82) is 0 Å². The summed E-state index contributed by atoms with van der Waals surface area (Å²) in [6.45, 7) is 4.47. The number of esters is 1. The maximum atomic E-state index is 12.1. The third-order valence-corrected chi connectivity index (χ3v) is 4.00. The lowest BCUT2D eigenvalue weighted by Gasteiger charge is -2.22. The second-order valence-corrected chi connectivity index (χ2v) is 5.85. The lowest BCUT2D eigenvalue weighted by atomic mass is 10.1. The third kappa shape index (κ3) is 3.27. The molecule has 0 N–H and O–H groups in total. The van der Waals surface area contributed by atoms with Crippen LogP contribution in [-0.2, 0) is 11.3 Å². The highest BCUT2D eigenvalue weighted by atomic mass is 16.5. The fraction of sp³-hybridized carbons (Fsp3) is 0.333. The zero-order valence-corrected chi connectivity index (χ0v) is 13.9. The smallest absolute Gasteiger partial charge is 0.357 e. The highest BCUT2D eigenvalue weighted by molar-refractivity contribution is 5.93. The molecule has 0 saturated heterocycles. The Morgan fingerprint density at radius 2 is 2.08 bits per heavy atom. The lowest BCUT2D eigenvalue weighted by molar-refractivity contribution is 0.0593. The number of carbonyl (C=O) groups is 1. The molecule has 0 radical (unpaired) electrons. The number of carbonyl (C=O) groups excluding carboxylic acids is 1. The van der Waals surface area contributed by atoms with Crippen molar-refractivity contribution in [3.8, 4) is 0 Å². The Kier molecular flexibility index (Phi) is 4.55. The van der Waals surface area contributed by atoms with E-state index in [0.717, 1.165) is 18.4 Å². The van der Waals surface area contributed by atoms with Crippen molar-refractivity contribution < 1.29 is 9.53 Å². The number of methoxy groups -OCH3 is 1. The van der Waals surface area contributed by atoms with E-state index in [2.05, 4.69) is 16.5 Å². The van der Waals surface area contributed by atoms with Gasteiger partial charge in [0.1, 0.15) is 11.6 Å². The van der Waals surface area contributed by atoms with Gasteiger partial charge >= 0.3 is 5.97 Å². The van der Waals surface area contributed by atoms with Crippen LogP contribution in [0.25, 0.3) is 6.08 Å². The SMILES string of the molecule is C=Cc1c(C(=O)OC)nc(C2CC2)nc1N(C)Cc1ccncc1. The number of hydrogen-bond donors (Lipinski definition) is 0. The van der Waals surface area contributed by atoms with Gasteiger partial charge in [0.2, 0.25) is 0 Å². The summed E-state index contributed by atoms with van der Waals surface area (Å²) in [4.78, 5) is 27.3. The van der Waals surface area contributed by atoms with E-state index in [9.17, 15) is 4.79 Å². The Morgan fingerprint density at radius 3 is 2.67 bits per heavy atom. The summed E-state index contributed by atoms with van der Waals surface area (Å²) in [6.07, 6.45) is 7.24. The number of rotatable bonds is 6. The Hall–Kier alpha value is -2.76. The normalized spacial score (nSPS) is 13.4. The first kappa shape index (κ1) is 16.1. The second-order valence-electron chi connectivity index (χ2n) is 5.85. The summed E-state index contributed by atoms with van der Waals surface area (Å²) in [6, 6.07) is 3.91. The van der Waals surface area contributed by atoms with Crippen molar-refractivity contribution in [2.45, 2.75) is 25.3 Å². The van der Waals surface area contributed by atoms with Gasteiger partial charge in [-0.1, -0.05) is 12.7 Å². The molecule has 0 aliphatic heterocycles. The fourth-order valence-electron chi connectivity index (χ4n) is 2.57. The van der Waals surface area contributed by atoms with Crippen molar-refractivity contribution in [2.75, 3.05) is 19.1 Å². The summed E-state index contributed by atoms with van der Waals surface area (Å²) in [7, 11) is 3.29. The maximum absolute atomic E-state index is 12.1. The van der Waals surface area contributed by atoms with Gasteiger partial charge in [-0.3, -0.25) is 4.98 Å². The van der Waals surface area contributed by atoms with Crippen LogP contribution in [0.3, 0.4) is 0 Å². The molecule has 0 amide bonds. The van der Waals surface area contributed by atoms with Gasteiger partial charge in [0.05, 0.1) is 7.11 Å². The van der Waals surface area contributed by atoms with Crippen LogP contribution in [0.1, 0.15) is 46.2 Å². The molecule has 0 spiro atoms. The van der Waals surface area contributed by atoms with Crippen LogP contribution in [0.2, 0.25) is 0 Å². The molecule has 2 aromatic rings. The molecule has 1 fully saturated rings. The minimum absolute atomic E-state index is 0.279. The van der Waals surface area contributed by atoms with E-state index in [4.69, 9.17) is 9.72 Å². The predicted molar refractivity (Wildman–Crippen MR) is 91.8 cm³/mol. The first-order chi connectivity index (χ1) is 11.6. The van der Waals surface area contributed by atoms with E-state index in [1.54, 1.807) is 18.5 Å².